The van der Waals surface area contributed by atoms with Gasteiger partial charge in [0.1, 0.15) is 11.3 Å². The number of furan rings is 1. The third-order valence-corrected chi connectivity index (χ3v) is 5.13. The van der Waals surface area contributed by atoms with Crippen molar-refractivity contribution in [2.45, 2.75) is 6.92 Å². The highest BCUT2D eigenvalue weighted by molar-refractivity contribution is 8.23. The summed E-state index contributed by atoms with van der Waals surface area (Å²) < 4.78 is 6.83. The normalized spacial score (nSPS) is 11.0. The van der Waals surface area contributed by atoms with Gasteiger partial charge in [0.15, 0.2) is 0 Å². The molecule has 0 aliphatic carbocycles. The quantitative estimate of drug-likeness (QED) is 0.471. The van der Waals surface area contributed by atoms with Crippen molar-refractivity contribution in [3.63, 3.8) is 0 Å². The lowest BCUT2D eigenvalue weighted by atomic mass is 10.1. The molecule has 5 heteroatoms. The van der Waals surface area contributed by atoms with Gasteiger partial charge in [0, 0.05) is 16.0 Å². The zero-order chi connectivity index (χ0) is 15.7. The number of fused-ring (bicyclic) bond motifs is 1. The van der Waals surface area contributed by atoms with Crippen molar-refractivity contribution in [2.24, 2.45) is 0 Å². The number of thioether (sulfide) groups is 1. The van der Waals surface area contributed by atoms with Crippen LogP contribution in [0.3, 0.4) is 0 Å². The van der Waals surface area contributed by atoms with Crippen LogP contribution in [0.15, 0.2) is 46.9 Å². The third-order valence-electron chi connectivity index (χ3n) is 3.25. The van der Waals surface area contributed by atoms with Crippen LogP contribution in [0.4, 0.5) is 0 Å². The number of hydrogen-bond acceptors (Lipinski definition) is 3. The minimum Gasteiger partial charge on any atom is -0.455 e. The second-order valence-electron chi connectivity index (χ2n) is 4.65. The second-order valence-corrected chi connectivity index (χ2v) is 7.43. The first-order valence-electron chi connectivity index (χ1n) is 6.76. The molecule has 0 aliphatic heterocycles. The maximum Gasteiger partial charge on any atom is 0.146 e. The van der Waals surface area contributed by atoms with E-state index in [1.165, 1.54) is 0 Å². The van der Waals surface area contributed by atoms with Crippen LogP contribution in [0.1, 0.15) is 12.5 Å². The molecule has 3 aromatic rings. The van der Waals surface area contributed by atoms with Crippen LogP contribution in [0.25, 0.3) is 22.3 Å². The standard InChI is InChI=1S/C17H12Cl2OS2/c1-2-22-17(21)15-12-9-10(18)7-8-14(12)20-16(15)11-5-3-4-6-13(11)19/h3-9H,2H2,1H3. The average molecular weight is 367 g/mol. The first-order valence-corrected chi connectivity index (χ1v) is 8.91. The molecule has 0 saturated carbocycles. The van der Waals surface area contributed by atoms with Gasteiger partial charge in [-0.3, -0.25) is 0 Å². The smallest absolute Gasteiger partial charge is 0.146 e. The summed E-state index contributed by atoms with van der Waals surface area (Å²) in [6.07, 6.45) is 0. The highest BCUT2D eigenvalue weighted by Crippen LogP contribution is 2.39. The highest BCUT2D eigenvalue weighted by atomic mass is 35.5. The van der Waals surface area contributed by atoms with Gasteiger partial charge in [-0.05, 0) is 36.1 Å². The summed E-state index contributed by atoms with van der Waals surface area (Å²) in [7, 11) is 0. The summed E-state index contributed by atoms with van der Waals surface area (Å²) in [6.45, 7) is 2.07. The van der Waals surface area contributed by atoms with Crippen molar-refractivity contribution >= 4 is 62.3 Å². The Hall–Kier alpha value is -1.00. The monoisotopic (exact) mass is 366 g/mol. The lowest BCUT2D eigenvalue weighted by Gasteiger charge is -2.05. The zero-order valence-corrected chi connectivity index (χ0v) is 14.9. The fourth-order valence-electron chi connectivity index (χ4n) is 2.31. The Morgan fingerprint density at radius 1 is 1.18 bits per heavy atom. The Bertz CT molecular complexity index is 855. The van der Waals surface area contributed by atoms with Gasteiger partial charge >= 0.3 is 0 Å². The van der Waals surface area contributed by atoms with Gasteiger partial charge in [-0.1, -0.05) is 54.5 Å². The molecule has 0 saturated heterocycles. The summed E-state index contributed by atoms with van der Waals surface area (Å²) in [6, 6.07) is 13.2. The Morgan fingerprint density at radius 3 is 2.68 bits per heavy atom. The van der Waals surface area contributed by atoms with Crippen LogP contribution < -0.4 is 0 Å². The van der Waals surface area contributed by atoms with E-state index in [9.17, 15) is 0 Å². The van der Waals surface area contributed by atoms with Crippen LogP contribution in [0.5, 0.6) is 0 Å². The van der Waals surface area contributed by atoms with E-state index in [1.807, 2.05) is 42.5 Å². The molecule has 0 unspecified atom stereocenters. The van der Waals surface area contributed by atoms with E-state index in [1.54, 1.807) is 11.8 Å². The number of rotatable bonds is 3. The van der Waals surface area contributed by atoms with E-state index in [0.717, 1.165) is 32.0 Å². The summed E-state index contributed by atoms with van der Waals surface area (Å²) >= 11 is 19.7. The second kappa shape index (κ2) is 6.63. The lowest BCUT2D eigenvalue weighted by molar-refractivity contribution is 0.631. The number of hydrogen-bond donors (Lipinski definition) is 0. The molecule has 0 fully saturated rings. The molecule has 3 rings (SSSR count). The Kier molecular flexibility index (Phi) is 4.79. The predicted molar refractivity (Wildman–Crippen MR) is 102 cm³/mol. The minimum atomic E-state index is 0.637. The van der Waals surface area contributed by atoms with E-state index in [4.69, 9.17) is 39.8 Å². The van der Waals surface area contributed by atoms with Gasteiger partial charge < -0.3 is 4.42 Å². The van der Waals surface area contributed by atoms with Crippen molar-refractivity contribution in [1.82, 2.24) is 0 Å². The molecule has 2 aromatic carbocycles. The maximum absolute atomic E-state index is 6.34. The van der Waals surface area contributed by atoms with Crippen molar-refractivity contribution in [3.05, 3.63) is 58.1 Å². The first-order chi connectivity index (χ1) is 10.6. The molecule has 0 amide bonds. The van der Waals surface area contributed by atoms with Gasteiger partial charge in [-0.25, -0.2) is 0 Å². The van der Waals surface area contributed by atoms with Crippen molar-refractivity contribution < 1.29 is 4.42 Å². The average Bonchev–Trinajstić information content (AvgIpc) is 2.86. The molecule has 22 heavy (non-hydrogen) atoms. The van der Waals surface area contributed by atoms with Crippen LogP contribution >= 0.6 is 47.2 Å². The Morgan fingerprint density at radius 2 is 1.95 bits per heavy atom. The Balaban J connectivity index is 2.32. The van der Waals surface area contributed by atoms with Crippen molar-refractivity contribution in [1.29, 1.82) is 0 Å². The molecule has 112 valence electrons. The fourth-order valence-corrected chi connectivity index (χ4v) is 3.87. The summed E-state index contributed by atoms with van der Waals surface area (Å²) in [5, 5.41) is 2.22. The number of thiocarbonyl (C=S) groups is 1. The topological polar surface area (TPSA) is 13.1 Å². The van der Waals surface area contributed by atoms with E-state index in [0.29, 0.717) is 15.8 Å². The van der Waals surface area contributed by atoms with Crippen LogP contribution in [0.2, 0.25) is 10.0 Å². The first kappa shape index (κ1) is 15.9. The fraction of sp³-hybridized carbons (Fsp3) is 0.118. The van der Waals surface area contributed by atoms with E-state index in [-0.39, 0.29) is 0 Å². The van der Waals surface area contributed by atoms with Gasteiger partial charge in [0.05, 0.1) is 14.8 Å². The number of benzene rings is 2. The van der Waals surface area contributed by atoms with Crippen molar-refractivity contribution in [2.75, 3.05) is 5.75 Å². The van der Waals surface area contributed by atoms with Gasteiger partial charge in [-0.15, -0.1) is 11.8 Å². The van der Waals surface area contributed by atoms with Crippen LogP contribution in [-0.4, -0.2) is 9.95 Å². The summed E-state index contributed by atoms with van der Waals surface area (Å²) in [4.78, 5) is 0. The molecule has 0 spiro atoms. The highest BCUT2D eigenvalue weighted by Gasteiger charge is 2.21. The van der Waals surface area contributed by atoms with Gasteiger partial charge in [-0.2, -0.15) is 0 Å². The Labute approximate surface area is 148 Å². The maximum atomic E-state index is 6.34. The lowest BCUT2D eigenvalue weighted by Crippen LogP contribution is -1.94. The molecule has 1 aromatic heterocycles. The molecule has 0 atom stereocenters. The van der Waals surface area contributed by atoms with Gasteiger partial charge in [0.2, 0.25) is 0 Å². The molecule has 1 heterocycles. The molecular formula is C17H12Cl2OS2. The van der Waals surface area contributed by atoms with Crippen LogP contribution in [-0.2, 0) is 0 Å². The van der Waals surface area contributed by atoms with E-state index >= 15 is 0 Å². The molecule has 0 radical (unpaired) electrons. The predicted octanol–water partition coefficient (Wildman–Crippen LogP) is 6.84. The summed E-state index contributed by atoms with van der Waals surface area (Å²) in [5.74, 6) is 1.60. The molecule has 0 N–H and O–H groups in total. The molecule has 0 bridgehead atoms. The number of halogens is 2. The molecule has 0 aliphatic rings. The summed E-state index contributed by atoms with van der Waals surface area (Å²) in [5.41, 5.74) is 2.49. The van der Waals surface area contributed by atoms with Crippen molar-refractivity contribution in [3.8, 4) is 11.3 Å². The van der Waals surface area contributed by atoms with Gasteiger partial charge in [0.25, 0.3) is 0 Å². The molecular weight excluding hydrogens is 355 g/mol. The van der Waals surface area contributed by atoms with Crippen LogP contribution in [0, 0.1) is 0 Å². The SMILES string of the molecule is CCSC(=S)c1c(-c2ccccc2Cl)oc2ccc(Cl)cc12. The van der Waals surface area contributed by atoms with E-state index in [2.05, 4.69) is 6.92 Å². The van der Waals surface area contributed by atoms with E-state index < -0.39 is 0 Å². The third kappa shape index (κ3) is 2.91. The minimum absolute atomic E-state index is 0.637. The molecule has 1 nitrogen and oxygen atoms in total. The largest absolute Gasteiger partial charge is 0.455 e. The zero-order valence-electron chi connectivity index (χ0n) is 11.7.